The number of nitrogens with zero attached hydrogens (tertiary/aromatic N) is 2. The van der Waals surface area contributed by atoms with Gasteiger partial charge >= 0.3 is 0 Å². The Labute approximate surface area is 199 Å². The molecular weight excluding hydrogens is 442 g/mol. The van der Waals surface area contributed by atoms with E-state index in [1.807, 2.05) is 31.2 Å². The van der Waals surface area contributed by atoms with E-state index in [1.165, 1.54) is 4.90 Å². The number of aryl methyl sites for hydroxylation is 1. The predicted molar refractivity (Wildman–Crippen MR) is 134 cm³/mol. The first-order valence-corrected chi connectivity index (χ1v) is 11.3. The second-order valence-corrected chi connectivity index (χ2v) is 10.00. The number of hydrogen-bond donors (Lipinski definition) is 1. The van der Waals surface area contributed by atoms with Gasteiger partial charge in [0, 0.05) is 23.3 Å². The molecule has 0 saturated carbocycles. The molecule has 2 aliphatic heterocycles. The van der Waals surface area contributed by atoms with Crippen LogP contribution in [0, 0.1) is 6.92 Å². The molecule has 1 unspecified atom stereocenters. The molecule has 2 aliphatic rings. The molecule has 0 spiro atoms. The Hall–Kier alpha value is -2.70. The lowest BCUT2D eigenvalue weighted by Gasteiger charge is -2.45. The number of carbonyl (C=O) groups excluding carboxylic acids is 2. The summed E-state index contributed by atoms with van der Waals surface area (Å²) < 4.78 is 0. The first-order chi connectivity index (χ1) is 15.0. The maximum Gasteiger partial charge on any atom is 0.270 e. The molecule has 1 atom stereocenters. The van der Waals surface area contributed by atoms with E-state index in [-0.39, 0.29) is 16.2 Å². The zero-order valence-corrected chi connectivity index (χ0v) is 20.4. The maximum absolute atomic E-state index is 13.3. The third kappa shape index (κ3) is 3.82. The summed E-state index contributed by atoms with van der Waals surface area (Å²) in [5, 5.41) is 3.18. The van der Waals surface area contributed by atoms with Crippen LogP contribution in [0.1, 0.15) is 49.8 Å². The fourth-order valence-corrected chi connectivity index (χ4v) is 4.95. The zero-order chi connectivity index (χ0) is 23.4. The Morgan fingerprint density at radius 2 is 1.84 bits per heavy atom. The summed E-state index contributed by atoms with van der Waals surface area (Å²) in [7, 11) is 2.07. The van der Waals surface area contributed by atoms with Crippen molar-refractivity contribution in [3.05, 3.63) is 63.7 Å². The van der Waals surface area contributed by atoms with Crippen LogP contribution in [0.5, 0.6) is 0 Å². The lowest BCUT2D eigenvalue weighted by atomic mass is 9.80. The van der Waals surface area contributed by atoms with Gasteiger partial charge in [-0.05, 0) is 86.8 Å². The van der Waals surface area contributed by atoms with Crippen LogP contribution in [-0.2, 0) is 9.59 Å². The van der Waals surface area contributed by atoms with Crippen LogP contribution < -0.4 is 15.1 Å². The fourth-order valence-electron chi connectivity index (χ4n) is 4.46. The number of amides is 2. The van der Waals surface area contributed by atoms with Crippen LogP contribution in [0.4, 0.5) is 11.4 Å². The van der Waals surface area contributed by atoms with E-state index in [4.69, 9.17) is 23.8 Å². The highest BCUT2D eigenvalue weighted by Gasteiger charge is 2.36. The van der Waals surface area contributed by atoms with E-state index in [9.17, 15) is 9.59 Å². The molecule has 0 radical (unpaired) electrons. The second kappa shape index (κ2) is 8.01. The van der Waals surface area contributed by atoms with Crippen LogP contribution >= 0.6 is 23.8 Å². The molecule has 5 nitrogen and oxygen atoms in total. The monoisotopic (exact) mass is 467 g/mol. The van der Waals surface area contributed by atoms with Gasteiger partial charge in [0.2, 0.25) is 0 Å². The van der Waals surface area contributed by atoms with Crippen molar-refractivity contribution in [3.63, 3.8) is 0 Å². The third-order valence-corrected chi connectivity index (χ3v) is 7.06. The third-order valence-electron chi connectivity index (χ3n) is 6.45. The summed E-state index contributed by atoms with van der Waals surface area (Å²) in [5.41, 5.74) is 4.54. The minimum Gasteiger partial charge on any atom is -0.369 e. The summed E-state index contributed by atoms with van der Waals surface area (Å²) in [4.78, 5) is 29.6. The van der Waals surface area contributed by atoms with Crippen molar-refractivity contribution in [2.75, 3.05) is 16.8 Å². The van der Waals surface area contributed by atoms with Gasteiger partial charge in [-0.25, -0.2) is 0 Å². The highest BCUT2D eigenvalue weighted by Crippen LogP contribution is 2.44. The molecular formula is C25H26ClN3O2S. The molecule has 4 rings (SSSR count). The van der Waals surface area contributed by atoms with Gasteiger partial charge in [0.15, 0.2) is 5.11 Å². The Bertz CT molecular complexity index is 1170. The van der Waals surface area contributed by atoms with Crippen LogP contribution in [0.25, 0.3) is 6.08 Å². The van der Waals surface area contributed by atoms with Gasteiger partial charge in [0.05, 0.1) is 5.69 Å². The second-order valence-electron chi connectivity index (χ2n) is 9.20. The van der Waals surface area contributed by atoms with Crippen LogP contribution in [0.2, 0.25) is 5.02 Å². The average Bonchev–Trinajstić information content (AvgIpc) is 2.71. The van der Waals surface area contributed by atoms with Gasteiger partial charge < -0.3 is 4.90 Å². The lowest BCUT2D eigenvalue weighted by molar-refractivity contribution is -0.122. The Morgan fingerprint density at radius 3 is 2.50 bits per heavy atom. The van der Waals surface area contributed by atoms with E-state index in [0.29, 0.717) is 22.2 Å². The van der Waals surface area contributed by atoms with Gasteiger partial charge in [-0.1, -0.05) is 36.2 Å². The number of halogens is 1. The molecule has 2 heterocycles. The zero-order valence-electron chi connectivity index (χ0n) is 18.8. The number of hydrogen-bond acceptors (Lipinski definition) is 4. The summed E-state index contributed by atoms with van der Waals surface area (Å²) in [6.07, 6.45) is 2.55. The summed E-state index contributed by atoms with van der Waals surface area (Å²) >= 11 is 11.9. The van der Waals surface area contributed by atoms with Gasteiger partial charge in [0.25, 0.3) is 11.8 Å². The molecule has 1 saturated heterocycles. The summed E-state index contributed by atoms with van der Waals surface area (Å²) in [6.45, 7) is 8.58. The number of rotatable bonds is 2. The molecule has 166 valence electrons. The molecule has 2 aromatic carbocycles. The van der Waals surface area contributed by atoms with Crippen molar-refractivity contribution in [3.8, 4) is 0 Å². The predicted octanol–water partition coefficient (Wildman–Crippen LogP) is 5.20. The van der Waals surface area contributed by atoms with Crippen LogP contribution in [-0.4, -0.2) is 29.5 Å². The van der Waals surface area contributed by atoms with Gasteiger partial charge in [0.1, 0.15) is 5.57 Å². The Balaban J connectivity index is 1.77. The first kappa shape index (κ1) is 22.5. The molecule has 32 heavy (non-hydrogen) atoms. The first-order valence-electron chi connectivity index (χ1n) is 10.5. The van der Waals surface area contributed by atoms with Crippen molar-refractivity contribution in [2.45, 2.75) is 45.6 Å². The largest absolute Gasteiger partial charge is 0.369 e. The standard InChI is InChI=1S/C25H26ClN3O2S/c1-14-6-8-17(9-7-14)29-23(31)19(22(30)27-24(29)32)11-16-10-18-15(2)13-25(3,4)28(5)21(18)12-20(16)26/h6-12,15H,13H2,1-5H3,(H,27,30,32)/b19-11-. The highest BCUT2D eigenvalue weighted by molar-refractivity contribution is 7.80. The normalized spacial score (nSPS) is 21.6. The van der Waals surface area contributed by atoms with Crippen LogP contribution in [0.15, 0.2) is 42.0 Å². The van der Waals surface area contributed by atoms with Gasteiger partial charge in [-0.15, -0.1) is 0 Å². The SMILES string of the molecule is Cc1ccc(N2C(=O)/C(=C\c3cc4c(cc3Cl)N(C)C(C)(C)CC4C)C(=O)NC2=S)cc1. The van der Waals surface area contributed by atoms with Crippen molar-refractivity contribution in [2.24, 2.45) is 0 Å². The minimum atomic E-state index is -0.525. The number of fused-ring (bicyclic) bond motifs is 1. The van der Waals surface area contributed by atoms with E-state index >= 15 is 0 Å². The average molecular weight is 468 g/mol. The molecule has 2 aromatic rings. The number of nitrogens with one attached hydrogen (secondary N) is 1. The van der Waals surface area contributed by atoms with E-state index in [0.717, 1.165) is 23.2 Å². The molecule has 2 amide bonds. The quantitative estimate of drug-likeness (QED) is 0.374. The molecule has 0 bridgehead atoms. The molecule has 0 aromatic heterocycles. The van der Waals surface area contributed by atoms with E-state index in [2.05, 4.69) is 38.0 Å². The molecule has 1 fully saturated rings. The van der Waals surface area contributed by atoms with Crippen molar-refractivity contribution < 1.29 is 9.59 Å². The number of benzene rings is 2. The number of carbonyl (C=O) groups is 2. The fraction of sp³-hybridized carbons (Fsp3) is 0.320. The Kier molecular flexibility index (Phi) is 5.63. The molecule has 0 aliphatic carbocycles. The van der Waals surface area contributed by atoms with Crippen molar-refractivity contribution >= 4 is 58.2 Å². The lowest BCUT2D eigenvalue weighted by Crippen LogP contribution is -2.54. The number of anilines is 2. The molecule has 7 heteroatoms. The minimum absolute atomic E-state index is 0.00169. The van der Waals surface area contributed by atoms with Crippen LogP contribution in [0.3, 0.4) is 0 Å². The van der Waals surface area contributed by atoms with Crippen molar-refractivity contribution in [1.29, 1.82) is 0 Å². The maximum atomic E-state index is 13.3. The van der Waals surface area contributed by atoms with Gasteiger partial charge in [-0.3, -0.25) is 19.8 Å². The summed E-state index contributed by atoms with van der Waals surface area (Å²) in [5.74, 6) is -0.677. The highest BCUT2D eigenvalue weighted by atomic mass is 35.5. The molecule has 1 N–H and O–H groups in total. The topological polar surface area (TPSA) is 52.7 Å². The summed E-state index contributed by atoms with van der Waals surface area (Å²) in [6, 6.07) is 11.3. The van der Waals surface area contributed by atoms with Crippen molar-refractivity contribution in [1.82, 2.24) is 5.32 Å². The van der Waals surface area contributed by atoms with E-state index in [1.54, 1.807) is 18.2 Å². The van der Waals surface area contributed by atoms with Gasteiger partial charge in [-0.2, -0.15) is 0 Å². The number of thiocarbonyl (C=S) groups is 1. The van der Waals surface area contributed by atoms with E-state index < -0.39 is 11.8 Å². The smallest absolute Gasteiger partial charge is 0.270 e. The Morgan fingerprint density at radius 1 is 1.19 bits per heavy atom.